The van der Waals surface area contributed by atoms with E-state index in [1.165, 1.54) is 12.1 Å². The number of ether oxygens (including phenoxy) is 1. The zero-order chi connectivity index (χ0) is 23.8. The van der Waals surface area contributed by atoms with Gasteiger partial charge in [-0.3, -0.25) is 4.79 Å². The van der Waals surface area contributed by atoms with E-state index in [0.717, 1.165) is 36.9 Å². The highest BCUT2D eigenvalue weighted by atomic mass is 32.5. The monoisotopic (exact) mass is 497 g/mol. The molecule has 0 heterocycles. The number of amides is 1. The van der Waals surface area contributed by atoms with Crippen LogP contribution in [0.1, 0.15) is 6.92 Å². The number of aliphatic hydroxyl groups is 1. The van der Waals surface area contributed by atoms with E-state index in [1.54, 1.807) is 0 Å². The zero-order valence-electron chi connectivity index (χ0n) is 15.4. The fourth-order valence-corrected chi connectivity index (χ4v) is 3.77. The summed E-state index contributed by atoms with van der Waals surface area (Å²) in [6, 6.07) is 6.44. The van der Waals surface area contributed by atoms with Gasteiger partial charge in [-0.15, -0.1) is 24.9 Å². The molecule has 0 aliphatic rings. The summed E-state index contributed by atoms with van der Waals surface area (Å²) in [5.74, 6) is -2.16. The summed E-state index contributed by atoms with van der Waals surface area (Å²) >= 11 is 0.760. The molecule has 1 amide bonds. The van der Waals surface area contributed by atoms with E-state index in [2.05, 4.69) is 4.74 Å². The number of anilines is 1. The molecule has 2 aromatic carbocycles. The number of nitrogens with one attached hydrogen (secondary N) is 1. The first-order valence-electron chi connectivity index (χ1n) is 8.12. The molecule has 14 heteroatoms. The average Bonchev–Trinajstić information content (AvgIpc) is 2.57. The topological polar surface area (TPSA) is 58.6 Å². The second-order valence-electron chi connectivity index (χ2n) is 6.54. The maximum Gasteiger partial charge on any atom is 0.573 e. The Kier molecular flexibility index (Phi) is 6.02. The number of halogens is 8. The second-order valence-corrected chi connectivity index (χ2v) is 9.99. The van der Waals surface area contributed by atoms with Crippen molar-refractivity contribution in [3.63, 3.8) is 0 Å². The van der Waals surface area contributed by atoms with E-state index in [4.69, 9.17) is 0 Å². The highest BCUT2D eigenvalue weighted by molar-refractivity contribution is 8.45. The summed E-state index contributed by atoms with van der Waals surface area (Å²) < 4.78 is 105. The van der Waals surface area contributed by atoms with Crippen molar-refractivity contribution in [2.45, 2.75) is 28.7 Å². The normalized spacial score (nSPS) is 16.6. The van der Waals surface area contributed by atoms with E-state index < -0.39 is 50.2 Å². The number of benzene rings is 2. The summed E-state index contributed by atoms with van der Waals surface area (Å²) in [5, 5.41) is 12.2. The SMILES string of the molecule is CC(O)(CSc1cccc(OC(F)(F)F)c1)C(=O)Nc1cccc(S(F)(F)(F)(F)F)c1. The van der Waals surface area contributed by atoms with Gasteiger partial charge in [0.2, 0.25) is 0 Å². The maximum absolute atomic E-state index is 12.9. The Morgan fingerprint density at radius 3 is 2.26 bits per heavy atom. The van der Waals surface area contributed by atoms with Crippen molar-refractivity contribution >= 4 is 33.6 Å². The fraction of sp³-hybridized carbons (Fsp3) is 0.235. The van der Waals surface area contributed by atoms with Crippen LogP contribution in [0, 0.1) is 0 Å². The first-order chi connectivity index (χ1) is 13.7. The minimum atomic E-state index is -9.97. The van der Waals surface area contributed by atoms with Crippen LogP contribution in [0.3, 0.4) is 0 Å². The molecule has 0 radical (unpaired) electrons. The molecule has 31 heavy (non-hydrogen) atoms. The van der Waals surface area contributed by atoms with Gasteiger partial charge >= 0.3 is 16.6 Å². The standard InChI is InChI=1S/C17H15F8NO3S2/c1-16(28,10-30-13-6-3-5-12(9-13)29-17(18,19)20)15(27)26-11-4-2-7-14(8-11)31(21,22,23,24)25/h2-9,28H,10H2,1H3,(H,26,27). The van der Waals surface area contributed by atoms with Gasteiger partial charge in [-0.05, 0) is 43.3 Å². The highest BCUT2D eigenvalue weighted by Crippen LogP contribution is 3.02. The Morgan fingerprint density at radius 1 is 1.06 bits per heavy atom. The van der Waals surface area contributed by atoms with Gasteiger partial charge in [-0.25, -0.2) is 0 Å². The molecule has 1 atom stereocenters. The molecule has 0 fully saturated rings. The molecule has 0 aliphatic carbocycles. The van der Waals surface area contributed by atoms with Crippen molar-refractivity contribution in [1.82, 2.24) is 0 Å². The van der Waals surface area contributed by atoms with Crippen LogP contribution in [0.5, 0.6) is 5.75 Å². The molecule has 0 aromatic heterocycles. The van der Waals surface area contributed by atoms with Gasteiger partial charge in [0.25, 0.3) is 5.91 Å². The molecule has 1 unspecified atom stereocenters. The van der Waals surface area contributed by atoms with Gasteiger partial charge < -0.3 is 15.2 Å². The van der Waals surface area contributed by atoms with Crippen molar-refractivity contribution < 1.29 is 47.2 Å². The Bertz CT molecular complexity index is 978. The molecule has 2 aromatic rings. The number of thioether (sulfide) groups is 1. The van der Waals surface area contributed by atoms with Gasteiger partial charge in [0, 0.05) is 16.3 Å². The van der Waals surface area contributed by atoms with Crippen LogP contribution in [0.25, 0.3) is 0 Å². The molecular formula is C17H15F8NO3S2. The molecule has 0 spiro atoms. The summed E-state index contributed by atoms with van der Waals surface area (Å²) in [4.78, 5) is 10.2. The Balaban J connectivity index is 2.09. The third-order valence-corrected chi connectivity index (χ3v) is 6.02. The van der Waals surface area contributed by atoms with E-state index in [0.29, 0.717) is 6.07 Å². The molecule has 2 rings (SSSR count). The van der Waals surface area contributed by atoms with E-state index >= 15 is 0 Å². The van der Waals surface area contributed by atoms with Crippen molar-refractivity contribution in [2.24, 2.45) is 0 Å². The lowest BCUT2D eigenvalue weighted by atomic mass is 10.1. The van der Waals surface area contributed by atoms with E-state index in [-0.39, 0.29) is 17.0 Å². The number of hydrogen-bond acceptors (Lipinski definition) is 4. The molecule has 0 saturated heterocycles. The summed E-state index contributed by atoms with van der Waals surface area (Å²) in [5.41, 5.74) is -2.84. The van der Waals surface area contributed by atoms with Gasteiger partial charge in [0.15, 0.2) is 0 Å². The smallest absolute Gasteiger partial charge is 0.406 e. The molecule has 4 nitrogen and oxygen atoms in total. The molecule has 2 N–H and O–H groups in total. The largest absolute Gasteiger partial charge is 0.573 e. The zero-order valence-corrected chi connectivity index (χ0v) is 17.1. The molecule has 0 saturated carbocycles. The quantitative estimate of drug-likeness (QED) is 0.329. The Hall–Kier alpha value is -2.19. The number of rotatable bonds is 7. The van der Waals surface area contributed by atoms with Gasteiger partial charge in [0.1, 0.15) is 16.2 Å². The molecule has 174 valence electrons. The minimum absolute atomic E-state index is 0.0423. The lowest BCUT2D eigenvalue weighted by Crippen LogP contribution is -2.42. The lowest BCUT2D eigenvalue weighted by molar-refractivity contribution is -0.274. The van der Waals surface area contributed by atoms with Crippen molar-refractivity contribution in [1.29, 1.82) is 0 Å². The lowest BCUT2D eigenvalue weighted by Gasteiger charge is -2.40. The number of alkyl halides is 3. The molecule has 0 bridgehead atoms. The molecular weight excluding hydrogens is 482 g/mol. The van der Waals surface area contributed by atoms with Crippen LogP contribution < -0.4 is 10.1 Å². The minimum Gasteiger partial charge on any atom is -0.406 e. The third-order valence-electron chi connectivity index (χ3n) is 3.59. The number of hydrogen-bond donors (Lipinski definition) is 2. The summed E-state index contributed by atoms with van der Waals surface area (Å²) in [6.45, 7) is 1.000. The maximum atomic E-state index is 12.9. The van der Waals surface area contributed by atoms with Gasteiger partial charge in [-0.2, -0.15) is 0 Å². The average molecular weight is 497 g/mol. The van der Waals surface area contributed by atoms with Crippen LogP contribution >= 0.6 is 22.0 Å². The Morgan fingerprint density at radius 2 is 1.68 bits per heavy atom. The summed E-state index contributed by atoms with van der Waals surface area (Å²) in [7, 11) is -9.97. The van der Waals surface area contributed by atoms with Crippen molar-refractivity contribution in [3.8, 4) is 5.75 Å². The first kappa shape index (κ1) is 25.1. The summed E-state index contributed by atoms with van der Waals surface area (Å²) in [6.07, 6.45) is -4.92. The number of carbonyl (C=O) groups excluding carboxylic acids is 1. The van der Waals surface area contributed by atoms with E-state index in [9.17, 15) is 42.5 Å². The third kappa shape index (κ3) is 7.78. The highest BCUT2D eigenvalue weighted by Gasteiger charge is 2.65. The van der Waals surface area contributed by atoms with Gasteiger partial charge in [-0.1, -0.05) is 31.6 Å². The Labute approximate surface area is 175 Å². The van der Waals surface area contributed by atoms with Gasteiger partial charge in [0.05, 0.1) is 0 Å². The second kappa shape index (κ2) is 7.45. The van der Waals surface area contributed by atoms with Crippen LogP contribution in [-0.2, 0) is 4.79 Å². The fourth-order valence-electron chi connectivity index (χ4n) is 2.13. The first-order valence-corrected chi connectivity index (χ1v) is 11.1. The predicted octanol–water partition coefficient (Wildman–Crippen LogP) is 6.72. The van der Waals surface area contributed by atoms with Crippen LogP contribution in [0.15, 0.2) is 58.3 Å². The number of carbonyl (C=O) groups is 1. The van der Waals surface area contributed by atoms with Crippen LogP contribution in [-0.4, -0.2) is 28.7 Å². The molecule has 0 aliphatic heterocycles. The van der Waals surface area contributed by atoms with Crippen LogP contribution in [0.2, 0.25) is 0 Å². The van der Waals surface area contributed by atoms with E-state index in [1.807, 2.05) is 5.32 Å². The predicted molar refractivity (Wildman–Crippen MR) is 101 cm³/mol. The van der Waals surface area contributed by atoms with Crippen LogP contribution in [0.4, 0.5) is 38.3 Å². The van der Waals surface area contributed by atoms with Crippen molar-refractivity contribution in [2.75, 3.05) is 11.1 Å². The van der Waals surface area contributed by atoms with Crippen molar-refractivity contribution in [3.05, 3.63) is 48.5 Å².